The van der Waals surface area contributed by atoms with Crippen LogP contribution >= 0.6 is 0 Å². The Labute approximate surface area is 103 Å². The first-order valence-corrected chi connectivity index (χ1v) is 6.15. The molecule has 0 aromatic carbocycles. The van der Waals surface area contributed by atoms with Crippen LogP contribution in [0.15, 0.2) is 0 Å². The predicted molar refractivity (Wildman–Crippen MR) is 65.4 cm³/mol. The molecule has 4 N–H and O–H groups in total. The van der Waals surface area contributed by atoms with E-state index in [2.05, 4.69) is 19.2 Å². The smallest absolute Gasteiger partial charge is 0.230 e. The average molecular weight is 244 g/mol. The summed E-state index contributed by atoms with van der Waals surface area (Å²) in [6.07, 6.45) is 0.758. The maximum absolute atomic E-state index is 12.1. The van der Waals surface area contributed by atoms with Gasteiger partial charge in [0.2, 0.25) is 5.91 Å². The number of aliphatic hydroxyl groups is 1. The van der Waals surface area contributed by atoms with Crippen molar-refractivity contribution in [3.63, 3.8) is 0 Å². The number of hydrogen-bond acceptors (Lipinski definition) is 4. The maximum Gasteiger partial charge on any atom is 0.230 e. The minimum Gasteiger partial charge on any atom is -0.394 e. The van der Waals surface area contributed by atoms with Gasteiger partial charge in [0.25, 0.3) is 0 Å². The Morgan fingerprint density at radius 3 is 2.71 bits per heavy atom. The Balaban J connectivity index is 2.58. The number of carbonyl (C=O) groups is 1. The molecular weight excluding hydrogens is 220 g/mol. The van der Waals surface area contributed by atoms with Crippen LogP contribution in [-0.4, -0.2) is 42.9 Å². The van der Waals surface area contributed by atoms with E-state index in [1.165, 1.54) is 0 Å². The molecular formula is C12H24N2O3. The van der Waals surface area contributed by atoms with Crippen LogP contribution in [0.25, 0.3) is 0 Å². The van der Waals surface area contributed by atoms with Crippen molar-refractivity contribution in [1.29, 1.82) is 0 Å². The highest BCUT2D eigenvalue weighted by Crippen LogP contribution is 2.27. The van der Waals surface area contributed by atoms with E-state index < -0.39 is 5.41 Å². The van der Waals surface area contributed by atoms with E-state index in [9.17, 15) is 9.90 Å². The van der Waals surface area contributed by atoms with Gasteiger partial charge in [-0.05, 0) is 19.3 Å². The lowest BCUT2D eigenvalue weighted by Crippen LogP contribution is -2.53. The maximum atomic E-state index is 12.1. The fourth-order valence-corrected chi connectivity index (χ4v) is 2.02. The molecule has 17 heavy (non-hydrogen) atoms. The molecule has 1 saturated heterocycles. The third-order valence-electron chi connectivity index (χ3n) is 3.35. The van der Waals surface area contributed by atoms with Crippen LogP contribution < -0.4 is 11.1 Å². The molecule has 0 aromatic heterocycles. The quantitative estimate of drug-likeness (QED) is 0.629. The Hall–Kier alpha value is -0.650. The highest BCUT2D eigenvalue weighted by molar-refractivity contribution is 5.83. The Morgan fingerprint density at radius 2 is 2.29 bits per heavy atom. The Kier molecular flexibility index (Phi) is 4.91. The monoisotopic (exact) mass is 244 g/mol. The topological polar surface area (TPSA) is 84.6 Å². The molecule has 0 saturated carbocycles. The lowest BCUT2D eigenvalue weighted by molar-refractivity contribution is -0.131. The van der Waals surface area contributed by atoms with Crippen LogP contribution in [0.2, 0.25) is 0 Å². The molecule has 1 amide bonds. The molecule has 5 nitrogen and oxygen atoms in total. The zero-order valence-electron chi connectivity index (χ0n) is 10.9. The van der Waals surface area contributed by atoms with Crippen LogP contribution in [0.3, 0.4) is 0 Å². The van der Waals surface area contributed by atoms with E-state index >= 15 is 0 Å². The van der Waals surface area contributed by atoms with Crippen molar-refractivity contribution in [2.45, 2.75) is 39.3 Å². The number of amides is 1. The van der Waals surface area contributed by atoms with Gasteiger partial charge in [-0.2, -0.15) is 0 Å². The first-order chi connectivity index (χ1) is 7.90. The third kappa shape index (κ3) is 3.40. The van der Waals surface area contributed by atoms with Crippen molar-refractivity contribution in [1.82, 2.24) is 5.32 Å². The standard InChI is InChI=1S/C12H24N2O3/c1-8(2)4-9(5-15)14-11(16)12(3)7-17-6-10(12)13/h8-10,15H,4-7,13H2,1-3H3,(H,14,16). The second-order valence-corrected chi connectivity index (χ2v) is 5.52. The predicted octanol–water partition coefficient (Wildman–Crippen LogP) is -0.127. The molecule has 5 heteroatoms. The number of hydrogen-bond donors (Lipinski definition) is 3. The first kappa shape index (κ1) is 14.4. The second kappa shape index (κ2) is 5.80. The third-order valence-corrected chi connectivity index (χ3v) is 3.35. The van der Waals surface area contributed by atoms with Crippen LogP contribution in [-0.2, 0) is 9.53 Å². The summed E-state index contributed by atoms with van der Waals surface area (Å²) in [5, 5.41) is 12.1. The number of nitrogens with one attached hydrogen (secondary N) is 1. The van der Waals surface area contributed by atoms with Gasteiger partial charge >= 0.3 is 0 Å². The van der Waals surface area contributed by atoms with Crippen molar-refractivity contribution in [3.05, 3.63) is 0 Å². The highest BCUT2D eigenvalue weighted by atomic mass is 16.5. The molecule has 1 fully saturated rings. The van der Waals surface area contributed by atoms with Crippen molar-refractivity contribution in [2.75, 3.05) is 19.8 Å². The van der Waals surface area contributed by atoms with Gasteiger partial charge in [0.15, 0.2) is 0 Å². The van der Waals surface area contributed by atoms with Crippen LogP contribution in [0, 0.1) is 11.3 Å². The molecule has 0 spiro atoms. The van der Waals surface area contributed by atoms with E-state index in [1.807, 2.05) is 6.92 Å². The van der Waals surface area contributed by atoms with E-state index in [0.29, 0.717) is 19.1 Å². The minimum atomic E-state index is -0.676. The molecule has 1 aliphatic rings. The SMILES string of the molecule is CC(C)CC(CO)NC(=O)C1(C)COCC1N. The minimum absolute atomic E-state index is 0.0455. The van der Waals surface area contributed by atoms with Gasteiger partial charge in [0, 0.05) is 6.04 Å². The molecule has 0 aliphatic carbocycles. The van der Waals surface area contributed by atoms with Crippen LogP contribution in [0.1, 0.15) is 27.2 Å². The van der Waals surface area contributed by atoms with Crippen molar-refractivity contribution >= 4 is 5.91 Å². The summed E-state index contributed by atoms with van der Waals surface area (Å²) in [6.45, 7) is 6.64. The van der Waals surface area contributed by atoms with E-state index in [0.717, 1.165) is 6.42 Å². The van der Waals surface area contributed by atoms with Gasteiger partial charge in [-0.25, -0.2) is 0 Å². The summed E-state index contributed by atoms with van der Waals surface area (Å²) >= 11 is 0. The fourth-order valence-electron chi connectivity index (χ4n) is 2.02. The summed E-state index contributed by atoms with van der Waals surface area (Å²) in [6, 6.07) is -0.479. The fraction of sp³-hybridized carbons (Fsp3) is 0.917. The summed E-state index contributed by atoms with van der Waals surface area (Å²) in [5.41, 5.74) is 5.21. The van der Waals surface area contributed by atoms with Crippen molar-refractivity contribution in [2.24, 2.45) is 17.1 Å². The van der Waals surface area contributed by atoms with Gasteiger partial charge in [-0.3, -0.25) is 4.79 Å². The summed E-state index contributed by atoms with van der Waals surface area (Å²) in [5.74, 6) is 0.302. The van der Waals surface area contributed by atoms with Gasteiger partial charge in [0.1, 0.15) is 0 Å². The normalized spacial score (nSPS) is 30.6. The number of aliphatic hydroxyl groups excluding tert-OH is 1. The summed E-state index contributed by atoms with van der Waals surface area (Å²) in [7, 11) is 0. The van der Waals surface area contributed by atoms with E-state index in [1.54, 1.807) is 0 Å². The molecule has 1 aliphatic heterocycles. The largest absolute Gasteiger partial charge is 0.394 e. The number of nitrogens with two attached hydrogens (primary N) is 1. The van der Waals surface area contributed by atoms with Gasteiger partial charge < -0.3 is 20.9 Å². The molecule has 0 radical (unpaired) electrons. The zero-order valence-corrected chi connectivity index (χ0v) is 10.9. The van der Waals surface area contributed by atoms with Gasteiger partial charge in [0.05, 0.1) is 31.3 Å². The summed E-state index contributed by atoms with van der Waals surface area (Å²) in [4.78, 5) is 12.1. The highest BCUT2D eigenvalue weighted by Gasteiger charge is 2.44. The van der Waals surface area contributed by atoms with Crippen molar-refractivity contribution in [3.8, 4) is 0 Å². The molecule has 0 aromatic rings. The number of rotatable bonds is 5. The number of ether oxygens (including phenoxy) is 1. The lowest BCUT2D eigenvalue weighted by atomic mass is 9.84. The lowest BCUT2D eigenvalue weighted by Gasteiger charge is -2.28. The van der Waals surface area contributed by atoms with Crippen LogP contribution in [0.5, 0.6) is 0 Å². The molecule has 3 unspecified atom stereocenters. The summed E-state index contributed by atoms with van der Waals surface area (Å²) < 4.78 is 5.24. The molecule has 3 atom stereocenters. The molecule has 0 bridgehead atoms. The van der Waals surface area contributed by atoms with E-state index in [-0.39, 0.29) is 24.6 Å². The zero-order chi connectivity index (χ0) is 13.1. The van der Waals surface area contributed by atoms with Crippen LogP contribution in [0.4, 0.5) is 0 Å². The molecule has 100 valence electrons. The van der Waals surface area contributed by atoms with E-state index in [4.69, 9.17) is 10.5 Å². The first-order valence-electron chi connectivity index (χ1n) is 6.15. The van der Waals surface area contributed by atoms with Gasteiger partial charge in [-0.15, -0.1) is 0 Å². The molecule has 1 heterocycles. The molecule has 1 rings (SSSR count). The second-order valence-electron chi connectivity index (χ2n) is 5.52. The average Bonchev–Trinajstić information content (AvgIpc) is 2.59. The Bertz CT molecular complexity index is 270. The van der Waals surface area contributed by atoms with Gasteiger partial charge in [-0.1, -0.05) is 13.8 Å². The Morgan fingerprint density at radius 1 is 1.65 bits per heavy atom. The van der Waals surface area contributed by atoms with Crippen molar-refractivity contribution < 1.29 is 14.6 Å². The number of carbonyl (C=O) groups excluding carboxylic acids is 1.